The van der Waals surface area contributed by atoms with Crippen LogP contribution in [-0.2, 0) is 16.2 Å². The average Bonchev–Trinajstić information content (AvgIpc) is 3.31. The Morgan fingerprint density at radius 3 is 1.25 bits per heavy atom. The van der Waals surface area contributed by atoms with Crippen molar-refractivity contribution < 1.29 is 19.2 Å². The molecule has 9 rings (SSSR count). The maximum atomic E-state index is 10.4. The molecule has 0 N–H and O–H groups in total. The van der Waals surface area contributed by atoms with Crippen molar-refractivity contribution in [3.05, 3.63) is 180 Å². The largest absolute Gasteiger partial charge is 0.311 e. The summed E-state index contributed by atoms with van der Waals surface area (Å²) in [5.41, 5.74) is -0.386. The monoisotopic (exact) mass is 784 g/mol. The van der Waals surface area contributed by atoms with Crippen molar-refractivity contribution in [2.75, 3.05) is 14.7 Å². The van der Waals surface area contributed by atoms with Crippen LogP contribution >= 0.6 is 0 Å². The highest BCUT2D eigenvalue weighted by atomic mass is 15.2. The van der Waals surface area contributed by atoms with Crippen molar-refractivity contribution in [2.24, 2.45) is 0 Å². The van der Waals surface area contributed by atoms with Crippen LogP contribution in [0.1, 0.15) is 104 Å². The second-order valence-corrected chi connectivity index (χ2v) is 18.5. The predicted octanol–water partition coefficient (Wildman–Crippen LogP) is 13.4. The molecule has 0 amide bonds. The third kappa shape index (κ3) is 6.83. The van der Waals surface area contributed by atoms with E-state index in [1.54, 1.807) is 32.9 Å². The zero-order chi connectivity index (χ0) is 53.6. The van der Waals surface area contributed by atoms with Gasteiger partial charge >= 0.3 is 0 Å². The molecule has 3 nitrogen and oxygen atoms in total. The van der Waals surface area contributed by atoms with Crippen LogP contribution in [0, 0.1) is 6.92 Å². The predicted molar refractivity (Wildman–Crippen MR) is 256 cm³/mol. The summed E-state index contributed by atoms with van der Waals surface area (Å²) in [5.74, 6) is 0. The second kappa shape index (κ2) is 14.1. The van der Waals surface area contributed by atoms with Crippen LogP contribution < -0.4 is 31.1 Å². The average molecular weight is 784 g/mol. The van der Waals surface area contributed by atoms with Gasteiger partial charge in [-0.15, -0.1) is 0 Å². The van der Waals surface area contributed by atoms with Crippen LogP contribution in [0.15, 0.2) is 157 Å². The first kappa shape index (κ1) is 25.5. The molecule has 0 fully saturated rings. The smallest absolute Gasteiger partial charge is 0.252 e. The molecule has 0 aliphatic carbocycles. The Kier molecular flexibility index (Phi) is 6.08. The number of hydrogen-bond acceptors (Lipinski definition) is 3. The minimum atomic E-state index is -1.27. The van der Waals surface area contributed by atoms with Gasteiger partial charge in [-0.05, 0) is 129 Å². The molecule has 0 atom stereocenters. The lowest BCUT2D eigenvalue weighted by Gasteiger charge is -2.45. The van der Waals surface area contributed by atoms with E-state index in [1.807, 2.05) is 107 Å². The van der Waals surface area contributed by atoms with E-state index in [0.29, 0.717) is 17.1 Å². The summed E-state index contributed by atoms with van der Waals surface area (Å²) >= 11 is 0. The zero-order valence-electron chi connectivity index (χ0n) is 49.3. The summed E-state index contributed by atoms with van der Waals surface area (Å²) in [6.07, 6.45) is 0. The van der Waals surface area contributed by atoms with Crippen LogP contribution in [0.3, 0.4) is 0 Å². The van der Waals surface area contributed by atoms with Crippen LogP contribution in [-0.4, -0.2) is 6.71 Å². The minimum Gasteiger partial charge on any atom is -0.311 e. The van der Waals surface area contributed by atoms with Gasteiger partial charge < -0.3 is 14.7 Å². The Morgan fingerprint density at radius 1 is 0.458 bits per heavy atom. The van der Waals surface area contributed by atoms with Crippen LogP contribution in [0.5, 0.6) is 0 Å². The molecule has 0 spiro atoms. The fourth-order valence-corrected chi connectivity index (χ4v) is 7.76. The van der Waals surface area contributed by atoms with Gasteiger partial charge in [0.15, 0.2) is 0 Å². The Hall–Kier alpha value is -6.00. The first-order valence-electron chi connectivity index (χ1n) is 27.1. The summed E-state index contributed by atoms with van der Waals surface area (Å²) in [5, 5.41) is 0. The maximum Gasteiger partial charge on any atom is 0.252 e. The van der Waals surface area contributed by atoms with E-state index in [0.717, 1.165) is 0 Å². The second-order valence-electron chi connectivity index (χ2n) is 18.5. The Balaban J connectivity index is 1.63. The lowest BCUT2D eigenvalue weighted by molar-refractivity contribution is 0.590. The third-order valence-corrected chi connectivity index (χ3v) is 10.9. The standard InChI is InChI=1S/C55H56BN3/c1-37-21-27-43(28-22-37)58-48-31-25-39(54(5,6)7)33-46(48)56-47-34-40(55(8,9)10)26-32-49(47)59(44-29-23-38(24-30-44)53(2,3)4)51-36-45(35-50(58)52(51)56)57(41-17-13-11-14-18-41)42-19-15-12-16-20-42/h11-36H,1-10H3/i21D,22D,23D,24D,25D,26D,27D,28D,29D,30D,31D,32D,33D,34D. The first-order valence-corrected chi connectivity index (χ1v) is 20.1. The van der Waals surface area contributed by atoms with Crippen molar-refractivity contribution in [1.82, 2.24) is 0 Å². The van der Waals surface area contributed by atoms with Gasteiger partial charge in [-0.2, -0.15) is 0 Å². The van der Waals surface area contributed by atoms with Crippen molar-refractivity contribution in [3.63, 3.8) is 0 Å². The van der Waals surface area contributed by atoms with E-state index >= 15 is 0 Å². The molecule has 2 aliphatic heterocycles. The zero-order valence-corrected chi connectivity index (χ0v) is 35.3. The highest BCUT2D eigenvalue weighted by Gasteiger charge is 2.45. The number of para-hydroxylation sites is 2. The maximum absolute atomic E-state index is 10.4. The first-order chi connectivity index (χ1) is 34.0. The van der Waals surface area contributed by atoms with Gasteiger partial charge in [0.2, 0.25) is 0 Å². The van der Waals surface area contributed by atoms with E-state index < -0.39 is 47.1 Å². The molecular formula is C55H56BN3. The summed E-state index contributed by atoms with van der Waals surface area (Å²) in [4.78, 5) is 4.77. The van der Waals surface area contributed by atoms with E-state index in [-0.39, 0.29) is 133 Å². The van der Waals surface area contributed by atoms with Gasteiger partial charge in [-0.3, -0.25) is 0 Å². The molecule has 59 heavy (non-hydrogen) atoms. The van der Waals surface area contributed by atoms with E-state index in [2.05, 4.69) is 0 Å². The molecule has 0 bridgehead atoms. The summed E-state index contributed by atoms with van der Waals surface area (Å²) < 4.78 is 137. The molecule has 2 aliphatic rings. The number of hydrogen-bond donors (Lipinski definition) is 0. The molecule has 0 unspecified atom stereocenters. The molecule has 4 heteroatoms. The normalized spacial score (nSPS) is 16.8. The highest BCUT2D eigenvalue weighted by molar-refractivity contribution is 7.00. The van der Waals surface area contributed by atoms with E-state index in [9.17, 15) is 19.2 Å². The minimum absolute atomic E-state index is 0.0744. The lowest BCUT2D eigenvalue weighted by Crippen LogP contribution is -2.61. The number of fused-ring (bicyclic) bond motifs is 4. The number of benzene rings is 7. The summed E-state index contributed by atoms with van der Waals surface area (Å²) in [7, 11) is 0. The molecule has 294 valence electrons. The molecule has 0 saturated heterocycles. The van der Waals surface area contributed by atoms with Gasteiger partial charge in [-0.25, -0.2) is 0 Å². The molecule has 2 heterocycles. The molecule has 7 aromatic rings. The van der Waals surface area contributed by atoms with Crippen LogP contribution in [0.4, 0.5) is 51.2 Å². The third-order valence-electron chi connectivity index (χ3n) is 10.9. The van der Waals surface area contributed by atoms with Gasteiger partial charge in [0.25, 0.3) is 6.71 Å². The Morgan fingerprint density at radius 2 is 0.847 bits per heavy atom. The fourth-order valence-electron chi connectivity index (χ4n) is 7.76. The van der Waals surface area contributed by atoms with E-state index in [1.165, 1.54) is 16.7 Å². The van der Waals surface area contributed by atoms with E-state index in [4.69, 9.17) is 0 Å². The van der Waals surface area contributed by atoms with Crippen molar-refractivity contribution in [3.8, 4) is 0 Å². The van der Waals surface area contributed by atoms with Crippen molar-refractivity contribution in [1.29, 1.82) is 0 Å². The number of anilines is 9. The van der Waals surface area contributed by atoms with Crippen molar-refractivity contribution in [2.45, 2.75) is 85.5 Å². The number of rotatable bonds is 5. The summed E-state index contributed by atoms with van der Waals surface area (Å²) in [6.45, 7) is 16.5. The van der Waals surface area contributed by atoms with Gasteiger partial charge in [0.05, 0.1) is 24.9 Å². The molecular weight excluding hydrogens is 713 g/mol. The number of nitrogens with zero attached hydrogens (tertiary/aromatic N) is 3. The quantitative estimate of drug-likeness (QED) is 0.161. The van der Waals surface area contributed by atoms with Gasteiger partial charge in [0, 0.05) is 45.5 Å². The topological polar surface area (TPSA) is 9.72 Å². The molecule has 7 aromatic carbocycles. The van der Waals surface area contributed by atoms with Crippen molar-refractivity contribution >= 4 is 74.3 Å². The molecule has 0 saturated carbocycles. The molecule has 0 aromatic heterocycles. The fraction of sp³-hybridized carbons (Fsp3) is 0.236. The van der Waals surface area contributed by atoms with Gasteiger partial charge in [-0.1, -0.05) is 153 Å². The SMILES string of the molecule is [2H]c1c([2H])c(N2c3cc(N(c4ccccc4)c4ccccc4)cc4c3B(c3c([2H])c(C(C)(C)C)c([2H])c([2H])c32)c2c([2H])c(C(C)(C)C)c([2H])c([2H])c2N4c2c([2H])c([2H])c(C(C)(C)C)c([2H])c2[2H])c([2H])c([2H])c1C. The highest BCUT2D eigenvalue weighted by Crippen LogP contribution is 2.49. The Labute approximate surface area is 372 Å². The molecule has 0 radical (unpaired) electrons. The lowest BCUT2D eigenvalue weighted by atomic mass is 9.33. The van der Waals surface area contributed by atoms with Crippen LogP contribution in [0.2, 0.25) is 0 Å². The van der Waals surface area contributed by atoms with Gasteiger partial charge in [0.1, 0.15) is 0 Å². The van der Waals surface area contributed by atoms with Crippen LogP contribution in [0.25, 0.3) is 0 Å². The summed E-state index contributed by atoms with van der Waals surface area (Å²) in [6, 6.07) is 17.3. The Bertz CT molecular complexity index is 3390.